The number of aliphatic hydroxyl groups is 1. The number of hydrogen-bond donors (Lipinski definition) is 4. The molecule has 1 amide bonds. The first-order valence-electron chi connectivity index (χ1n) is 8.52. The highest BCUT2D eigenvalue weighted by molar-refractivity contribution is 7.99. The number of halogens is 1. The van der Waals surface area contributed by atoms with Gasteiger partial charge in [0.2, 0.25) is 5.78 Å². The summed E-state index contributed by atoms with van der Waals surface area (Å²) in [5.41, 5.74) is 8.49. The van der Waals surface area contributed by atoms with E-state index >= 15 is 0 Å². The molecular formula is C18H24ClN3O4S. The zero-order valence-electron chi connectivity index (χ0n) is 15.1. The van der Waals surface area contributed by atoms with Crippen molar-refractivity contribution in [2.75, 3.05) is 5.75 Å². The average Bonchev–Trinajstić information content (AvgIpc) is 2.64. The second kappa shape index (κ2) is 9.57. The Kier molecular flexibility index (Phi) is 7.69. The molecule has 1 aromatic carbocycles. The Morgan fingerprint density at radius 2 is 2.11 bits per heavy atom. The molecule has 1 aliphatic rings. The lowest BCUT2D eigenvalue weighted by molar-refractivity contribution is -0.135. The molecular weight excluding hydrogens is 390 g/mol. The van der Waals surface area contributed by atoms with Gasteiger partial charge < -0.3 is 15.6 Å². The number of Topliss-reactive ketones (excluding diaryl/α,β-unsaturated/α-hetero) is 1. The summed E-state index contributed by atoms with van der Waals surface area (Å²) in [4.78, 5) is 24.9. The summed E-state index contributed by atoms with van der Waals surface area (Å²) < 4.78 is 5.68. The van der Waals surface area contributed by atoms with Gasteiger partial charge in [0.05, 0.1) is 5.57 Å². The largest absolute Gasteiger partial charge is 0.477 e. The number of ketones is 1. The molecule has 6 N–H and O–H groups in total. The SMILES string of the molecule is CC(C)SCC[C@@H](N)C(O)C(=O)C1Oc2ccc(Cl)cc2C=C1C(=O)NN. The van der Waals surface area contributed by atoms with Crippen LogP contribution in [0.25, 0.3) is 6.08 Å². The number of amides is 1. The number of nitrogens with one attached hydrogen (secondary N) is 1. The molecule has 0 saturated carbocycles. The fourth-order valence-corrected chi connectivity index (χ4v) is 3.68. The normalized spacial score (nSPS) is 18.2. The van der Waals surface area contributed by atoms with Gasteiger partial charge in [-0.2, -0.15) is 11.8 Å². The topological polar surface area (TPSA) is 128 Å². The zero-order valence-corrected chi connectivity index (χ0v) is 16.7. The fraction of sp³-hybridized carbons (Fsp3) is 0.444. The van der Waals surface area contributed by atoms with Crippen molar-refractivity contribution in [3.8, 4) is 5.75 Å². The van der Waals surface area contributed by atoms with Crippen molar-refractivity contribution in [2.45, 2.75) is 43.8 Å². The molecule has 1 aromatic rings. The summed E-state index contributed by atoms with van der Waals surface area (Å²) in [5, 5.41) is 11.3. The summed E-state index contributed by atoms with van der Waals surface area (Å²) in [6.45, 7) is 4.11. The van der Waals surface area contributed by atoms with Gasteiger partial charge in [0.1, 0.15) is 11.9 Å². The maximum Gasteiger partial charge on any atom is 0.265 e. The summed E-state index contributed by atoms with van der Waals surface area (Å²) >= 11 is 7.65. The van der Waals surface area contributed by atoms with E-state index in [-0.39, 0.29) is 5.57 Å². The van der Waals surface area contributed by atoms with Crippen LogP contribution in [-0.2, 0) is 9.59 Å². The minimum atomic E-state index is -1.47. The molecule has 0 aromatic heterocycles. The standard InChI is InChI=1S/C18H24ClN3O4S/c1-9(2)27-6-5-13(20)15(23)16(24)17-12(18(25)22-21)8-10-7-11(19)3-4-14(10)26-17/h3-4,7-9,13,15,17,23H,5-6,20-21H2,1-2H3,(H,22,25)/t13-,15?,17?/m1/s1. The maximum atomic E-state index is 12.8. The number of benzene rings is 1. The predicted molar refractivity (Wildman–Crippen MR) is 107 cm³/mol. The molecule has 0 fully saturated rings. The number of rotatable bonds is 8. The first-order chi connectivity index (χ1) is 12.7. The maximum absolute atomic E-state index is 12.8. The van der Waals surface area contributed by atoms with Crippen LogP contribution >= 0.6 is 23.4 Å². The van der Waals surface area contributed by atoms with Crippen LogP contribution in [0.2, 0.25) is 5.02 Å². The lowest BCUT2D eigenvalue weighted by Crippen LogP contribution is -2.50. The van der Waals surface area contributed by atoms with Gasteiger partial charge in [-0.3, -0.25) is 15.0 Å². The van der Waals surface area contributed by atoms with Gasteiger partial charge in [-0.15, -0.1) is 0 Å². The number of fused-ring (bicyclic) bond motifs is 1. The third-order valence-electron chi connectivity index (χ3n) is 4.06. The molecule has 0 radical (unpaired) electrons. The van der Waals surface area contributed by atoms with Crippen molar-refractivity contribution < 1.29 is 19.4 Å². The molecule has 1 heterocycles. The minimum Gasteiger partial charge on any atom is -0.477 e. The van der Waals surface area contributed by atoms with Crippen LogP contribution in [0.15, 0.2) is 23.8 Å². The highest BCUT2D eigenvalue weighted by Crippen LogP contribution is 2.32. The monoisotopic (exact) mass is 413 g/mol. The molecule has 0 bridgehead atoms. The number of nitrogens with two attached hydrogens (primary N) is 2. The van der Waals surface area contributed by atoms with Gasteiger partial charge in [-0.05, 0) is 41.7 Å². The molecule has 27 heavy (non-hydrogen) atoms. The highest BCUT2D eigenvalue weighted by Gasteiger charge is 2.38. The molecule has 148 valence electrons. The van der Waals surface area contributed by atoms with Crippen molar-refractivity contribution >= 4 is 41.1 Å². The number of aliphatic hydroxyl groups excluding tert-OH is 1. The quantitative estimate of drug-likeness (QED) is 0.287. The van der Waals surface area contributed by atoms with E-state index in [2.05, 4.69) is 13.8 Å². The molecule has 0 saturated heterocycles. The summed E-state index contributed by atoms with van der Waals surface area (Å²) in [5.74, 6) is 4.94. The number of carbonyl (C=O) groups is 2. The van der Waals surface area contributed by atoms with Crippen molar-refractivity contribution in [1.82, 2.24) is 5.43 Å². The predicted octanol–water partition coefficient (Wildman–Crippen LogP) is 1.26. The second-order valence-electron chi connectivity index (χ2n) is 6.47. The smallest absolute Gasteiger partial charge is 0.265 e. The minimum absolute atomic E-state index is 0.0138. The summed E-state index contributed by atoms with van der Waals surface area (Å²) in [7, 11) is 0. The van der Waals surface area contributed by atoms with Crippen LogP contribution in [0.5, 0.6) is 5.75 Å². The van der Waals surface area contributed by atoms with Gasteiger partial charge in [0.25, 0.3) is 5.91 Å². The van der Waals surface area contributed by atoms with Gasteiger partial charge in [-0.1, -0.05) is 25.4 Å². The van der Waals surface area contributed by atoms with Crippen molar-refractivity contribution in [3.05, 3.63) is 34.4 Å². The van der Waals surface area contributed by atoms with E-state index in [0.717, 1.165) is 0 Å². The van der Waals surface area contributed by atoms with Crippen LogP contribution in [0.1, 0.15) is 25.8 Å². The third-order valence-corrected chi connectivity index (χ3v) is 5.43. The molecule has 0 aliphatic carbocycles. The Labute approximate surface area is 167 Å². The van der Waals surface area contributed by atoms with Crippen LogP contribution < -0.4 is 21.7 Å². The lowest BCUT2D eigenvalue weighted by Gasteiger charge is -2.28. The second-order valence-corrected chi connectivity index (χ2v) is 8.59. The zero-order chi connectivity index (χ0) is 20.1. The number of hydrazine groups is 1. The van der Waals surface area contributed by atoms with Gasteiger partial charge in [-0.25, -0.2) is 5.84 Å². The van der Waals surface area contributed by atoms with Crippen molar-refractivity contribution in [2.24, 2.45) is 11.6 Å². The number of ether oxygens (including phenoxy) is 1. The summed E-state index contributed by atoms with van der Waals surface area (Å²) in [6, 6.07) is 4.04. The van der Waals surface area contributed by atoms with Crippen LogP contribution in [0.3, 0.4) is 0 Å². The highest BCUT2D eigenvalue weighted by atomic mass is 35.5. The van der Waals surface area contributed by atoms with E-state index in [4.69, 9.17) is 27.9 Å². The molecule has 0 spiro atoms. The fourth-order valence-electron chi connectivity index (χ4n) is 2.62. The van der Waals surface area contributed by atoms with E-state index in [1.165, 1.54) is 6.08 Å². The summed E-state index contributed by atoms with van der Waals surface area (Å²) in [6.07, 6.45) is -0.842. The van der Waals surface area contributed by atoms with Crippen LogP contribution in [0.4, 0.5) is 0 Å². The third kappa shape index (κ3) is 5.46. The number of thioether (sulfide) groups is 1. The van der Waals surface area contributed by atoms with E-state index in [0.29, 0.717) is 33.8 Å². The molecule has 1 aliphatic heterocycles. The van der Waals surface area contributed by atoms with E-state index in [1.54, 1.807) is 30.0 Å². The van der Waals surface area contributed by atoms with Crippen molar-refractivity contribution in [1.29, 1.82) is 0 Å². The molecule has 9 heteroatoms. The Bertz CT molecular complexity index is 741. The average molecular weight is 414 g/mol. The molecule has 2 rings (SSSR count). The van der Waals surface area contributed by atoms with E-state index in [1.807, 2.05) is 5.43 Å². The number of hydrogen-bond acceptors (Lipinski definition) is 7. The molecule has 2 unspecified atom stereocenters. The lowest BCUT2D eigenvalue weighted by atomic mass is 9.93. The molecule has 7 nitrogen and oxygen atoms in total. The van der Waals surface area contributed by atoms with E-state index in [9.17, 15) is 14.7 Å². The Morgan fingerprint density at radius 1 is 1.41 bits per heavy atom. The van der Waals surface area contributed by atoms with E-state index < -0.39 is 29.9 Å². The van der Waals surface area contributed by atoms with Gasteiger partial charge in [0, 0.05) is 16.6 Å². The number of carbonyl (C=O) groups excluding carboxylic acids is 2. The van der Waals surface area contributed by atoms with Crippen molar-refractivity contribution in [3.63, 3.8) is 0 Å². The Balaban J connectivity index is 2.20. The van der Waals surface area contributed by atoms with Crippen LogP contribution in [-0.4, -0.2) is 46.0 Å². The van der Waals surface area contributed by atoms with Gasteiger partial charge >= 0.3 is 0 Å². The Morgan fingerprint density at radius 3 is 2.74 bits per heavy atom. The Hall–Kier alpha value is -1.58. The van der Waals surface area contributed by atoms with Crippen LogP contribution in [0, 0.1) is 0 Å². The first kappa shape index (κ1) is 21.7. The molecule has 3 atom stereocenters. The van der Waals surface area contributed by atoms with Gasteiger partial charge in [0.15, 0.2) is 6.10 Å². The first-order valence-corrected chi connectivity index (χ1v) is 9.95.